The molecule has 0 bridgehead atoms. The number of rotatable bonds is 3. The van der Waals surface area contributed by atoms with E-state index in [1.54, 1.807) is 12.1 Å². The van der Waals surface area contributed by atoms with Crippen molar-refractivity contribution >= 4 is 33.0 Å². The second-order valence-corrected chi connectivity index (χ2v) is 10.5. The molecule has 1 aliphatic rings. The van der Waals surface area contributed by atoms with Crippen LogP contribution in [-0.2, 0) is 16.4 Å². The lowest BCUT2D eigenvalue weighted by atomic mass is 9.83. The molecule has 3 aromatic rings. The predicted molar refractivity (Wildman–Crippen MR) is 120 cm³/mol. The highest BCUT2D eigenvalue weighted by Crippen LogP contribution is 2.37. The minimum Gasteiger partial charge on any atom is -0.301 e. The Hall–Kier alpha value is -1.85. The number of nitrogens with zero attached hydrogens (tertiary/aromatic N) is 1. The first-order chi connectivity index (χ1) is 13.7. The highest BCUT2D eigenvalue weighted by Gasteiger charge is 2.25. The van der Waals surface area contributed by atoms with Gasteiger partial charge in [-0.15, -0.1) is 0 Å². The van der Waals surface area contributed by atoms with Crippen LogP contribution in [0.1, 0.15) is 22.6 Å². The van der Waals surface area contributed by atoms with Crippen LogP contribution < -0.4 is 0 Å². The highest BCUT2D eigenvalue weighted by atomic mass is 35.5. The molecule has 3 aromatic carbocycles. The Morgan fingerprint density at radius 3 is 2.24 bits per heavy atom. The molecule has 29 heavy (non-hydrogen) atoms. The summed E-state index contributed by atoms with van der Waals surface area (Å²) in [4.78, 5) is 2.63. The molecule has 0 amide bonds. The monoisotopic (exact) mass is 445 g/mol. The first kappa shape index (κ1) is 20.4. The van der Waals surface area contributed by atoms with E-state index < -0.39 is 9.84 Å². The Kier molecular flexibility index (Phi) is 5.47. The van der Waals surface area contributed by atoms with Gasteiger partial charge in [0.15, 0.2) is 9.84 Å². The van der Waals surface area contributed by atoms with Gasteiger partial charge in [-0.05, 0) is 65.2 Å². The lowest BCUT2D eigenvalue weighted by Crippen LogP contribution is -2.31. The molecule has 1 atom stereocenters. The van der Waals surface area contributed by atoms with Crippen LogP contribution in [0.15, 0.2) is 65.6 Å². The molecule has 0 saturated heterocycles. The lowest BCUT2D eigenvalue weighted by molar-refractivity contribution is 0.295. The summed E-state index contributed by atoms with van der Waals surface area (Å²) in [5, 5.41) is 1.13. The fourth-order valence-corrected chi connectivity index (χ4v) is 4.87. The van der Waals surface area contributed by atoms with Crippen molar-refractivity contribution in [1.29, 1.82) is 0 Å². The van der Waals surface area contributed by atoms with Crippen LogP contribution in [-0.4, -0.2) is 33.2 Å². The summed E-state index contributed by atoms with van der Waals surface area (Å²) in [7, 11) is -1.08. The second kappa shape index (κ2) is 7.77. The number of halogens is 2. The molecule has 0 radical (unpaired) electrons. The first-order valence-corrected chi connectivity index (χ1v) is 11.9. The Bertz CT molecular complexity index is 1170. The van der Waals surface area contributed by atoms with E-state index in [9.17, 15) is 8.42 Å². The number of benzene rings is 3. The number of sulfone groups is 1. The smallest absolute Gasteiger partial charge is 0.175 e. The summed E-state index contributed by atoms with van der Waals surface area (Å²) < 4.78 is 23.4. The van der Waals surface area contributed by atoms with Gasteiger partial charge in [-0.1, -0.05) is 53.5 Å². The van der Waals surface area contributed by atoms with Crippen LogP contribution in [0.25, 0.3) is 11.1 Å². The summed E-state index contributed by atoms with van der Waals surface area (Å²) >= 11 is 12.4. The van der Waals surface area contributed by atoms with Crippen molar-refractivity contribution in [2.75, 3.05) is 19.8 Å². The number of likely N-dealkylation sites (N-methyl/N-ethyl adjacent to an activating group) is 1. The largest absolute Gasteiger partial charge is 0.301 e. The van der Waals surface area contributed by atoms with E-state index >= 15 is 0 Å². The molecule has 1 aliphatic heterocycles. The number of hydrogen-bond acceptors (Lipinski definition) is 3. The summed E-state index contributed by atoms with van der Waals surface area (Å²) in [6, 6.07) is 19.4. The van der Waals surface area contributed by atoms with Gasteiger partial charge in [-0.2, -0.15) is 0 Å². The molecule has 3 nitrogen and oxygen atoms in total. The van der Waals surface area contributed by atoms with Crippen molar-refractivity contribution in [3.05, 3.63) is 87.4 Å². The van der Waals surface area contributed by atoms with Crippen molar-refractivity contribution in [2.24, 2.45) is 0 Å². The standard InChI is InChI=1S/C23H21Cl2NO2S/c1-26-13-18-11-16(15-3-7-19(8-4-15)29(2,27)28)5-9-20(18)21(14-26)17-6-10-22(24)23(25)12-17/h3-12,21H,13-14H2,1-2H3. The molecule has 0 N–H and O–H groups in total. The lowest BCUT2D eigenvalue weighted by Gasteiger charge is -2.33. The minimum absolute atomic E-state index is 0.222. The van der Waals surface area contributed by atoms with E-state index in [0.29, 0.717) is 14.9 Å². The number of hydrogen-bond donors (Lipinski definition) is 0. The average Bonchev–Trinajstić information content (AvgIpc) is 2.68. The summed E-state index contributed by atoms with van der Waals surface area (Å²) in [6.07, 6.45) is 1.22. The fourth-order valence-electron chi connectivity index (χ4n) is 3.94. The second-order valence-electron chi connectivity index (χ2n) is 7.63. The van der Waals surface area contributed by atoms with Crippen LogP contribution in [0.3, 0.4) is 0 Å². The van der Waals surface area contributed by atoms with Gasteiger partial charge < -0.3 is 4.90 Å². The molecule has 0 fully saturated rings. The average molecular weight is 446 g/mol. The molecular formula is C23H21Cl2NO2S. The zero-order valence-electron chi connectivity index (χ0n) is 16.2. The maximum absolute atomic E-state index is 11.7. The zero-order valence-corrected chi connectivity index (χ0v) is 18.5. The topological polar surface area (TPSA) is 37.4 Å². The van der Waals surface area contributed by atoms with Crippen molar-refractivity contribution in [1.82, 2.24) is 4.90 Å². The quantitative estimate of drug-likeness (QED) is 0.523. The van der Waals surface area contributed by atoms with Crippen molar-refractivity contribution in [3.8, 4) is 11.1 Å². The SMILES string of the molecule is CN1Cc2cc(-c3ccc(S(C)(=O)=O)cc3)ccc2C(c2ccc(Cl)c(Cl)c2)C1. The molecule has 6 heteroatoms. The van der Waals surface area contributed by atoms with Crippen molar-refractivity contribution in [2.45, 2.75) is 17.4 Å². The maximum atomic E-state index is 11.7. The van der Waals surface area contributed by atoms with Gasteiger partial charge in [0.1, 0.15) is 0 Å². The fraction of sp³-hybridized carbons (Fsp3) is 0.217. The van der Waals surface area contributed by atoms with Crippen molar-refractivity contribution in [3.63, 3.8) is 0 Å². The summed E-state index contributed by atoms with van der Waals surface area (Å²) in [5.41, 5.74) is 5.78. The molecule has 1 heterocycles. The molecular weight excluding hydrogens is 425 g/mol. The Balaban J connectivity index is 1.72. The summed E-state index contributed by atoms with van der Waals surface area (Å²) in [5.74, 6) is 0.222. The predicted octanol–water partition coefficient (Wildman–Crippen LogP) is 5.64. The number of fused-ring (bicyclic) bond motifs is 1. The molecule has 0 aromatic heterocycles. The zero-order chi connectivity index (χ0) is 20.8. The molecule has 150 valence electrons. The van der Waals surface area contributed by atoms with E-state index in [1.807, 2.05) is 30.3 Å². The van der Waals surface area contributed by atoms with Crippen molar-refractivity contribution < 1.29 is 8.42 Å². The van der Waals surface area contributed by atoms with Gasteiger partial charge in [-0.3, -0.25) is 0 Å². The van der Waals surface area contributed by atoms with Crippen LogP contribution in [0.5, 0.6) is 0 Å². The van der Waals surface area contributed by atoms with Crippen LogP contribution in [0.4, 0.5) is 0 Å². The van der Waals surface area contributed by atoms with Gasteiger partial charge in [-0.25, -0.2) is 8.42 Å². The third-order valence-electron chi connectivity index (χ3n) is 5.41. The normalized spacial score (nSPS) is 17.2. The van der Waals surface area contributed by atoms with E-state index in [1.165, 1.54) is 17.4 Å². The molecule has 0 saturated carbocycles. The molecule has 0 spiro atoms. The Labute approximate surface area is 181 Å². The Morgan fingerprint density at radius 1 is 0.897 bits per heavy atom. The minimum atomic E-state index is -3.19. The molecule has 4 rings (SSSR count). The van der Waals surface area contributed by atoms with Gasteiger partial charge in [0, 0.05) is 25.3 Å². The first-order valence-electron chi connectivity index (χ1n) is 9.29. The third-order valence-corrected chi connectivity index (χ3v) is 7.28. The maximum Gasteiger partial charge on any atom is 0.175 e. The molecule has 1 unspecified atom stereocenters. The Morgan fingerprint density at radius 2 is 1.59 bits per heavy atom. The van der Waals surface area contributed by atoms with Crippen LogP contribution in [0.2, 0.25) is 10.0 Å². The van der Waals surface area contributed by atoms with Crippen LogP contribution in [0, 0.1) is 0 Å². The van der Waals surface area contributed by atoms with E-state index in [-0.39, 0.29) is 5.92 Å². The van der Waals surface area contributed by atoms with E-state index in [2.05, 4.69) is 30.1 Å². The van der Waals surface area contributed by atoms with Gasteiger partial charge in [0.2, 0.25) is 0 Å². The van der Waals surface area contributed by atoms with E-state index in [4.69, 9.17) is 23.2 Å². The molecule has 0 aliphatic carbocycles. The van der Waals surface area contributed by atoms with Crippen LogP contribution >= 0.6 is 23.2 Å². The highest BCUT2D eigenvalue weighted by molar-refractivity contribution is 7.90. The van der Waals surface area contributed by atoms with E-state index in [0.717, 1.165) is 29.8 Å². The van der Waals surface area contributed by atoms with Gasteiger partial charge in [0.25, 0.3) is 0 Å². The van der Waals surface area contributed by atoms with Gasteiger partial charge >= 0.3 is 0 Å². The summed E-state index contributed by atoms with van der Waals surface area (Å²) in [6.45, 7) is 1.77. The van der Waals surface area contributed by atoms with Gasteiger partial charge in [0.05, 0.1) is 14.9 Å². The third kappa shape index (κ3) is 4.22.